The van der Waals surface area contributed by atoms with Crippen LogP contribution in [0, 0.1) is 6.92 Å². The van der Waals surface area contributed by atoms with Crippen LogP contribution in [0.4, 0.5) is 5.69 Å². The Morgan fingerprint density at radius 3 is 2.74 bits per heavy atom. The number of thioether (sulfide) groups is 1. The molecule has 1 fully saturated rings. The lowest BCUT2D eigenvalue weighted by Crippen LogP contribution is -2.29. The number of benzene rings is 2. The first-order valence-corrected chi connectivity index (χ1v) is 11.2. The number of carbonyl (C=O) groups is 1. The van der Waals surface area contributed by atoms with E-state index in [4.69, 9.17) is 21.4 Å². The van der Waals surface area contributed by atoms with E-state index in [1.54, 1.807) is 29.2 Å². The summed E-state index contributed by atoms with van der Waals surface area (Å²) in [5.41, 5.74) is 2.57. The number of aryl methyl sites for hydroxylation is 1. The number of para-hydroxylation sites is 1. The van der Waals surface area contributed by atoms with Crippen LogP contribution < -0.4 is 9.64 Å². The number of ether oxygens (including phenoxy) is 1. The maximum atomic E-state index is 13.2. The Bertz CT molecular complexity index is 1010. The summed E-state index contributed by atoms with van der Waals surface area (Å²) in [6.45, 7) is 4.21. The first kappa shape index (κ1) is 23.3. The summed E-state index contributed by atoms with van der Waals surface area (Å²) in [6.07, 6.45) is 1.70. The summed E-state index contributed by atoms with van der Waals surface area (Å²) >= 11 is 7.64. The number of hydrogen-bond acceptors (Lipinski definition) is 6. The summed E-state index contributed by atoms with van der Waals surface area (Å²) in [4.78, 5) is 20.1. The van der Waals surface area contributed by atoms with Crippen LogP contribution in [0.5, 0.6) is 5.75 Å². The zero-order chi connectivity index (χ0) is 22.4. The highest BCUT2D eigenvalue weighted by Gasteiger charge is 2.35. The highest BCUT2D eigenvalue weighted by Crippen LogP contribution is 2.38. The molecule has 0 bridgehead atoms. The number of carbonyl (C=O) groups excluding carboxylic acids is 1. The van der Waals surface area contributed by atoms with E-state index in [1.165, 1.54) is 11.8 Å². The number of aliphatic hydroxyl groups excluding tert-OH is 2. The molecule has 0 aliphatic carbocycles. The fraction of sp³-hybridized carbons (Fsp3) is 0.304. The Morgan fingerprint density at radius 1 is 1.29 bits per heavy atom. The van der Waals surface area contributed by atoms with Crippen molar-refractivity contribution >= 4 is 46.2 Å². The Balaban J connectivity index is 1.88. The van der Waals surface area contributed by atoms with E-state index < -0.39 is 6.10 Å². The molecule has 0 aromatic heterocycles. The van der Waals surface area contributed by atoms with E-state index in [0.717, 1.165) is 23.2 Å². The highest BCUT2D eigenvalue weighted by atomic mass is 35.5. The number of aliphatic hydroxyl groups is 2. The zero-order valence-electron chi connectivity index (χ0n) is 17.4. The minimum Gasteiger partial charge on any atom is -0.489 e. The monoisotopic (exact) mass is 460 g/mol. The smallest absolute Gasteiger partial charge is 0.271 e. The number of aliphatic imine (C=N–C) groups is 1. The molecule has 2 aromatic carbocycles. The average Bonchev–Trinajstić information content (AvgIpc) is 3.06. The predicted molar refractivity (Wildman–Crippen MR) is 127 cm³/mol. The third kappa shape index (κ3) is 5.68. The van der Waals surface area contributed by atoms with Crippen molar-refractivity contribution in [1.29, 1.82) is 0 Å². The molecule has 0 spiro atoms. The highest BCUT2D eigenvalue weighted by molar-refractivity contribution is 8.19. The van der Waals surface area contributed by atoms with Crippen molar-refractivity contribution in [3.63, 3.8) is 0 Å². The van der Waals surface area contributed by atoms with Crippen LogP contribution >= 0.6 is 23.4 Å². The van der Waals surface area contributed by atoms with Gasteiger partial charge in [-0.25, -0.2) is 0 Å². The molecule has 6 nitrogen and oxygen atoms in total. The molecule has 0 saturated carbocycles. The van der Waals surface area contributed by atoms with Gasteiger partial charge in [0.2, 0.25) is 0 Å². The number of halogens is 1. The zero-order valence-corrected chi connectivity index (χ0v) is 19.0. The van der Waals surface area contributed by atoms with Crippen LogP contribution in [-0.4, -0.2) is 47.2 Å². The van der Waals surface area contributed by atoms with Crippen LogP contribution in [0.2, 0.25) is 5.02 Å². The molecule has 1 amide bonds. The van der Waals surface area contributed by atoms with Crippen LogP contribution in [0.15, 0.2) is 52.4 Å². The van der Waals surface area contributed by atoms with Gasteiger partial charge in [-0.3, -0.25) is 14.7 Å². The second kappa shape index (κ2) is 10.8. The SMILES string of the molecule is CCCN=C1S/C(=C\c2ccc(OC[C@@H](O)CO)c(Cl)c2)C(=O)N1c1ccccc1C. The fourth-order valence-corrected chi connectivity index (χ4v) is 4.17. The molecule has 1 aliphatic heterocycles. The van der Waals surface area contributed by atoms with Gasteiger partial charge in [0.25, 0.3) is 5.91 Å². The maximum Gasteiger partial charge on any atom is 0.271 e. The first-order valence-electron chi connectivity index (χ1n) is 10.00. The van der Waals surface area contributed by atoms with Crippen molar-refractivity contribution in [3.05, 3.63) is 63.5 Å². The minimum absolute atomic E-state index is 0.0619. The quantitative estimate of drug-likeness (QED) is 0.575. The third-order valence-electron chi connectivity index (χ3n) is 4.53. The van der Waals surface area contributed by atoms with Gasteiger partial charge in [0.1, 0.15) is 18.5 Å². The molecule has 8 heteroatoms. The summed E-state index contributed by atoms with van der Waals surface area (Å²) in [5.74, 6) is 0.269. The average molecular weight is 461 g/mol. The summed E-state index contributed by atoms with van der Waals surface area (Å²) in [5, 5.41) is 19.3. The molecule has 31 heavy (non-hydrogen) atoms. The molecule has 1 atom stereocenters. The molecular formula is C23H25ClN2O4S. The van der Waals surface area contributed by atoms with Crippen LogP contribution in [0.3, 0.4) is 0 Å². The van der Waals surface area contributed by atoms with E-state index in [9.17, 15) is 9.90 Å². The van der Waals surface area contributed by atoms with Gasteiger partial charge in [-0.05, 0) is 60.5 Å². The number of nitrogens with zero attached hydrogens (tertiary/aromatic N) is 2. The number of amidine groups is 1. The minimum atomic E-state index is -0.973. The first-order chi connectivity index (χ1) is 14.9. The van der Waals surface area contributed by atoms with Gasteiger partial charge in [0.15, 0.2) is 5.17 Å². The number of rotatable bonds is 8. The van der Waals surface area contributed by atoms with E-state index in [-0.39, 0.29) is 19.1 Å². The van der Waals surface area contributed by atoms with Crippen LogP contribution in [-0.2, 0) is 4.79 Å². The van der Waals surface area contributed by atoms with E-state index in [0.29, 0.717) is 27.4 Å². The second-order valence-corrected chi connectivity index (χ2v) is 8.46. The van der Waals surface area contributed by atoms with Crippen molar-refractivity contribution in [2.75, 3.05) is 24.7 Å². The molecule has 1 heterocycles. The largest absolute Gasteiger partial charge is 0.489 e. The number of amides is 1. The normalized spacial score (nSPS) is 17.6. The van der Waals surface area contributed by atoms with Gasteiger partial charge in [0.05, 0.1) is 22.2 Å². The van der Waals surface area contributed by atoms with Crippen molar-refractivity contribution in [2.45, 2.75) is 26.4 Å². The Hall–Kier alpha value is -2.32. The van der Waals surface area contributed by atoms with Gasteiger partial charge >= 0.3 is 0 Å². The van der Waals surface area contributed by atoms with Crippen molar-refractivity contribution in [2.24, 2.45) is 4.99 Å². The predicted octanol–water partition coefficient (Wildman–Crippen LogP) is 4.27. The lowest BCUT2D eigenvalue weighted by atomic mass is 10.1. The molecular weight excluding hydrogens is 436 g/mol. The molecule has 2 aromatic rings. The van der Waals surface area contributed by atoms with Gasteiger partial charge in [-0.1, -0.05) is 42.8 Å². The van der Waals surface area contributed by atoms with Crippen LogP contribution in [0.1, 0.15) is 24.5 Å². The molecule has 164 valence electrons. The van der Waals surface area contributed by atoms with Crippen molar-refractivity contribution in [1.82, 2.24) is 0 Å². The standard InChI is InChI=1S/C23H25ClN2O4S/c1-3-10-25-23-26(19-7-5-4-6-15(19)2)22(29)21(31-23)12-16-8-9-20(18(24)11-16)30-14-17(28)13-27/h4-9,11-12,17,27-28H,3,10,13-14H2,1-2H3/b21-12-,25-23?/t17-/m0/s1. The topological polar surface area (TPSA) is 82.4 Å². The van der Waals surface area contributed by atoms with Gasteiger partial charge < -0.3 is 14.9 Å². The Morgan fingerprint density at radius 2 is 2.06 bits per heavy atom. The van der Waals surface area contributed by atoms with E-state index >= 15 is 0 Å². The molecule has 2 N–H and O–H groups in total. The third-order valence-corrected chi connectivity index (χ3v) is 5.83. The Kier molecular flexibility index (Phi) is 8.15. The second-order valence-electron chi connectivity index (χ2n) is 7.04. The van der Waals surface area contributed by atoms with E-state index in [1.807, 2.05) is 38.1 Å². The summed E-state index contributed by atoms with van der Waals surface area (Å²) in [7, 11) is 0. The molecule has 3 rings (SSSR count). The molecule has 0 unspecified atom stereocenters. The van der Waals surface area contributed by atoms with Gasteiger partial charge in [-0.15, -0.1) is 0 Å². The van der Waals surface area contributed by atoms with Gasteiger partial charge in [0, 0.05) is 6.54 Å². The number of hydrogen-bond donors (Lipinski definition) is 2. The van der Waals surface area contributed by atoms with E-state index in [2.05, 4.69) is 4.99 Å². The summed E-state index contributed by atoms with van der Waals surface area (Å²) < 4.78 is 5.42. The lowest BCUT2D eigenvalue weighted by molar-refractivity contribution is -0.113. The molecule has 0 radical (unpaired) electrons. The Labute approximate surface area is 191 Å². The molecule has 1 saturated heterocycles. The lowest BCUT2D eigenvalue weighted by Gasteiger charge is -2.18. The summed E-state index contributed by atoms with van der Waals surface area (Å²) in [6, 6.07) is 12.9. The van der Waals surface area contributed by atoms with Crippen molar-refractivity contribution < 1.29 is 19.7 Å². The molecule has 1 aliphatic rings. The van der Waals surface area contributed by atoms with Crippen molar-refractivity contribution in [3.8, 4) is 5.75 Å². The fourth-order valence-electron chi connectivity index (χ4n) is 2.93. The van der Waals surface area contributed by atoms with Gasteiger partial charge in [-0.2, -0.15) is 0 Å². The number of anilines is 1. The maximum absolute atomic E-state index is 13.2. The van der Waals surface area contributed by atoms with Crippen LogP contribution in [0.25, 0.3) is 6.08 Å².